The van der Waals surface area contributed by atoms with Crippen molar-refractivity contribution in [3.8, 4) is 0 Å². The first-order chi connectivity index (χ1) is 7.13. The van der Waals surface area contributed by atoms with E-state index in [0.29, 0.717) is 11.8 Å². The molecule has 4 heteroatoms. The Balaban J connectivity index is 2.82. The molecule has 0 radical (unpaired) electrons. The molecular formula is C11H9FO3. The lowest BCUT2D eigenvalue weighted by atomic mass is 10.1. The van der Waals surface area contributed by atoms with Crippen LogP contribution in [0.3, 0.4) is 0 Å². The van der Waals surface area contributed by atoms with Crippen LogP contribution < -0.4 is 0 Å². The number of carboxylic acids is 1. The second-order valence-electron chi connectivity index (χ2n) is 2.90. The van der Waals surface area contributed by atoms with E-state index in [0.717, 1.165) is 0 Å². The molecule has 0 saturated heterocycles. The average molecular weight is 208 g/mol. The molecule has 0 aliphatic rings. The molecule has 0 amide bonds. The summed E-state index contributed by atoms with van der Waals surface area (Å²) >= 11 is 0. The molecule has 0 aliphatic carbocycles. The molecule has 0 aliphatic heterocycles. The van der Waals surface area contributed by atoms with E-state index in [-0.39, 0.29) is 12.0 Å². The molecule has 0 unspecified atom stereocenters. The van der Waals surface area contributed by atoms with Gasteiger partial charge in [0.2, 0.25) is 0 Å². The number of benzene rings is 1. The van der Waals surface area contributed by atoms with Crippen LogP contribution in [0.15, 0.2) is 24.3 Å². The molecular weight excluding hydrogens is 199 g/mol. The zero-order chi connectivity index (χ0) is 11.3. The Morgan fingerprint density at radius 3 is 2.80 bits per heavy atom. The molecule has 1 N–H and O–H groups in total. The molecule has 0 heterocycles. The van der Waals surface area contributed by atoms with Gasteiger partial charge in [-0.15, -0.1) is 0 Å². The summed E-state index contributed by atoms with van der Waals surface area (Å²) in [5, 5.41) is 8.37. The fourth-order valence-corrected chi connectivity index (χ4v) is 1.05. The van der Waals surface area contributed by atoms with Crippen LogP contribution in [0.5, 0.6) is 0 Å². The number of hydrogen-bond acceptors (Lipinski definition) is 2. The summed E-state index contributed by atoms with van der Waals surface area (Å²) in [5.74, 6) is -1.52. The summed E-state index contributed by atoms with van der Waals surface area (Å²) in [5.41, 5.74) is 0.562. The topological polar surface area (TPSA) is 54.4 Å². The van der Waals surface area contributed by atoms with Gasteiger partial charge in [-0.1, -0.05) is 18.2 Å². The zero-order valence-electron chi connectivity index (χ0n) is 7.81. The van der Waals surface area contributed by atoms with Crippen molar-refractivity contribution in [2.24, 2.45) is 0 Å². The van der Waals surface area contributed by atoms with Gasteiger partial charge in [0.15, 0.2) is 6.29 Å². The molecule has 0 spiro atoms. The monoisotopic (exact) mass is 208 g/mol. The maximum absolute atomic E-state index is 12.9. The predicted molar refractivity (Wildman–Crippen MR) is 53.1 cm³/mol. The summed E-state index contributed by atoms with van der Waals surface area (Å²) in [6.45, 7) is 0. The van der Waals surface area contributed by atoms with E-state index in [4.69, 9.17) is 5.11 Å². The van der Waals surface area contributed by atoms with Crippen molar-refractivity contribution in [1.82, 2.24) is 0 Å². The van der Waals surface area contributed by atoms with Crippen molar-refractivity contribution in [1.29, 1.82) is 0 Å². The van der Waals surface area contributed by atoms with Gasteiger partial charge in [0, 0.05) is 0 Å². The van der Waals surface area contributed by atoms with Gasteiger partial charge in [0.25, 0.3) is 0 Å². The first kappa shape index (κ1) is 11.1. The molecule has 1 aromatic rings. The fraction of sp³-hybridized carbons (Fsp3) is 0.0909. The van der Waals surface area contributed by atoms with Crippen LogP contribution in [0.4, 0.5) is 4.39 Å². The summed E-state index contributed by atoms with van der Waals surface area (Å²) in [6.07, 6.45) is 3.28. The third-order valence-corrected chi connectivity index (χ3v) is 1.75. The Kier molecular flexibility index (Phi) is 3.74. The smallest absolute Gasteiger partial charge is 0.307 e. The number of carboxylic acid groups (broad SMARTS) is 1. The van der Waals surface area contributed by atoms with Crippen molar-refractivity contribution >= 4 is 18.3 Å². The minimum absolute atomic E-state index is 0.0347. The highest BCUT2D eigenvalue weighted by molar-refractivity contribution is 5.77. The van der Waals surface area contributed by atoms with E-state index in [1.807, 2.05) is 0 Å². The number of halogens is 1. The van der Waals surface area contributed by atoms with Crippen LogP contribution in [-0.2, 0) is 4.79 Å². The number of hydrogen-bond donors (Lipinski definition) is 1. The van der Waals surface area contributed by atoms with Crippen molar-refractivity contribution in [2.75, 3.05) is 0 Å². The van der Waals surface area contributed by atoms with Crippen molar-refractivity contribution in [2.45, 2.75) is 6.42 Å². The molecule has 1 rings (SSSR count). The summed E-state index contributed by atoms with van der Waals surface area (Å²) in [4.78, 5) is 20.6. The molecule has 3 nitrogen and oxygen atoms in total. The van der Waals surface area contributed by atoms with Crippen LogP contribution >= 0.6 is 0 Å². The summed E-state index contributed by atoms with van der Waals surface area (Å²) in [6, 6.07) is 4.01. The predicted octanol–water partition coefficient (Wildman–Crippen LogP) is 2.13. The van der Waals surface area contributed by atoms with Crippen molar-refractivity contribution < 1.29 is 19.1 Å². The second kappa shape index (κ2) is 5.05. The normalized spacial score (nSPS) is 10.5. The van der Waals surface area contributed by atoms with E-state index >= 15 is 0 Å². The van der Waals surface area contributed by atoms with Crippen molar-refractivity contribution in [3.05, 3.63) is 41.2 Å². The van der Waals surface area contributed by atoms with Gasteiger partial charge >= 0.3 is 5.97 Å². The third-order valence-electron chi connectivity index (χ3n) is 1.75. The first-order valence-electron chi connectivity index (χ1n) is 4.26. The van der Waals surface area contributed by atoms with Gasteiger partial charge < -0.3 is 5.11 Å². The second-order valence-corrected chi connectivity index (χ2v) is 2.90. The third kappa shape index (κ3) is 3.34. The highest BCUT2D eigenvalue weighted by atomic mass is 19.1. The van der Waals surface area contributed by atoms with Gasteiger partial charge in [-0.05, 0) is 17.7 Å². The van der Waals surface area contributed by atoms with E-state index in [2.05, 4.69) is 0 Å². The van der Waals surface area contributed by atoms with Gasteiger partial charge in [-0.2, -0.15) is 0 Å². The summed E-state index contributed by atoms with van der Waals surface area (Å²) in [7, 11) is 0. The lowest BCUT2D eigenvalue weighted by Gasteiger charge is -1.96. The van der Waals surface area contributed by atoms with Crippen LogP contribution in [0.1, 0.15) is 22.3 Å². The minimum atomic E-state index is -0.941. The SMILES string of the molecule is O=Cc1cc(C=CCC(=O)O)ccc1F. The molecule has 15 heavy (non-hydrogen) atoms. The standard InChI is InChI=1S/C11H9FO3/c12-10-5-4-8(6-9(10)7-13)2-1-3-11(14)15/h1-2,4-7H,3H2,(H,14,15). The molecule has 0 fully saturated rings. The first-order valence-corrected chi connectivity index (χ1v) is 4.26. The Labute approximate surface area is 85.8 Å². The maximum atomic E-state index is 12.9. The lowest BCUT2D eigenvalue weighted by molar-refractivity contribution is -0.135. The zero-order valence-corrected chi connectivity index (χ0v) is 7.81. The van der Waals surface area contributed by atoms with Gasteiger partial charge in [-0.3, -0.25) is 9.59 Å². The van der Waals surface area contributed by atoms with Gasteiger partial charge in [0.1, 0.15) is 5.82 Å². The fourth-order valence-electron chi connectivity index (χ4n) is 1.05. The molecule has 78 valence electrons. The average Bonchev–Trinajstić information content (AvgIpc) is 2.20. The van der Waals surface area contributed by atoms with Crippen LogP contribution in [0.2, 0.25) is 0 Å². The number of carbonyl (C=O) groups excluding carboxylic acids is 1. The highest BCUT2D eigenvalue weighted by Crippen LogP contribution is 2.10. The van der Waals surface area contributed by atoms with E-state index in [1.165, 1.54) is 30.4 Å². The number of aliphatic carboxylic acids is 1. The summed E-state index contributed by atoms with van der Waals surface area (Å²) < 4.78 is 12.9. The Morgan fingerprint density at radius 1 is 1.47 bits per heavy atom. The molecule has 0 atom stereocenters. The Morgan fingerprint density at radius 2 is 2.20 bits per heavy atom. The molecule has 0 saturated carbocycles. The minimum Gasteiger partial charge on any atom is -0.481 e. The van der Waals surface area contributed by atoms with Crippen molar-refractivity contribution in [3.63, 3.8) is 0 Å². The van der Waals surface area contributed by atoms with E-state index in [1.54, 1.807) is 0 Å². The molecule has 0 aromatic heterocycles. The van der Waals surface area contributed by atoms with E-state index < -0.39 is 11.8 Å². The lowest BCUT2D eigenvalue weighted by Crippen LogP contribution is -1.90. The Hall–Kier alpha value is -1.97. The van der Waals surface area contributed by atoms with Gasteiger partial charge in [-0.25, -0.2) is 4.39 Å². The van der Waals surface area contributed by atoms with Gasteiger partial charge in [0.05, 0.1) is 12.0 Å². The number of rotatable bonds is 4. The maximum Gasteiger partial charge on any atom is 0.307 e. The van der Waals surface area contributed by atoms with E-state index in [9.17, 15) is 14.0 Å². The number of aldehydes is 1. The quantitative estimate of drug-likeness (QED) is 0.771. The number of carbonyl (C=O) groups is 2. The van der Waals surface area contributed by atoms with Crippen LogP contribution in [-0.4, -0.2) is 17.4 Å². The van der Waals surface area contributed by atoms with Crippen LogP contribution in [0.25, 0.3) is 6.08 Å². The molecule has 1 aromatic carbocycles. The highest BCUT2D eigenvalue weighted by Gasteiger charge is 2.00. The largest absolute Gasteiger partial charge is 0.481 e. The Bertz CT molecular complexity index is 410. The molecule has 0 bridgehead atoms. The van der Waals surface area contributed by atoms with Crippen LogP contribution in [0, 0.1) is 5.82 Å².